The molecule has 0 bridgehead atoms. The average molecular weight is 257 g/mol. The molecule has 0 aromatic carbocycles. The molecule has 16 heavy (non-hydrogen) atoms. The Labute approximate surface area is 101 Å². The molecule has 82 valence electrons. The van der Waals surface area contributed by atoms with Crippen LogP contribution in [0.4, 0.5) is 0 Å². The number of nitrogens with zero attached hydrogens (tertiary/aromatic N) is 4. The largest absolute Gasteiger partial charge is 0.420 e. The fourth-order valence-corrected chi connectivity index (χ4v) is 1.83. The highest BCUT2D eigenvalue weighted by Crippen LogP contribution is 2.40. The quantitative estimate of drug-likeness (QED) is 0.774. The van der Waals surface area contributed by atoms with Crippen LogP contribution < -0.4 is 0 Å². The third-order valence-corrected chi connectivity index (χ3v) is 2.91. The Morgan fingerprint density at radius 3 is 2.44 bits per heavy atom. The predicted molar refractivity (Wildman–Crippen MR) is 57.3 cm³/mol. The van der Waals surface area contributed by atoms with E-state index in [0.29, 0.717) is 17.4 Å². The van der Waals surface area contributed by atoms with Gasteiger partial charge in [-0.25, -0.2) is 9.97 Å². The Kier molecular flexibility index (Phi) is 2.29. The Balaban J connectivity index is 2.06. The molecule has 0 saturated heterocycles. The van der Waals surface area contributed by atoms with Gasteiger partial charge < -0.3 is 4.42 Å². The fraction of sp³-hybridized carbons (Fsp3) is 0.333. The lowest BCUT2D eigenvalue weighted by molar-refractivity contribution is 0.508. The first-order valence-electron chi connectivity index (χ1n) is 4.75. The number of halogens is 2. The van der Waals surface area contributed by atoms with E-state index in [0.717, 1.165) is 12.8 Å². The van der Waals surface area contributed by atoms with Crippen LogP contribution in [-0.2, 0) is 0 Å². The summed E-state index contributed by atoms with van der Waals surface area (Å²) < 4.78 is 5.48. The maximum atomic E-state index is 5.91. The summed E-state index contributed by atoms with van der Waals surface area (Å²) >= 11 is 11.8. The van der Waals surface area contributed by atoms with E-state index in [-0.39, 0.29) is 16.2 Å². The van der Waals surface area contributed by atoms with E-state index in [9.17, 15) is 0 Å². The first-order valence-corrected chi connectivity index (χ1v) is 5.51. The smallest absolute Gasteiger partial charge is 0.253 e. The second-order valence-electron chi connectivity index (χ2n) is 3.55. The zero-order chi connectivity index (χ0) is 11.1. The highest BCUT2D eigenvalue weighted by Gasteiger charge is 2.30. The second kappa shape index (κ2) is 3.68. The minimum Gasteiger partial charge on any atom is -0.420 e. The lowest BCUT2D eigenvalue weighted by Gasteiger charge is -1.98. The SMILES string of the molecule is Clc1ncnc(Cl)c1-c1nnc(C2CC2)o1. The fourth-order valence-electron chi connectivity index (χ4n) is 1.35. The van der Waals surface area contributed by atoms with Gasteiger partial charge in [-0.2, -0.15) is 0 Å². The molecule has 0 atom stereocenters. The normalized spacial score (nSPS) is 15.4. The van der Waals surface area contributed by atoms with Gasteiger partial charge in [0.1, 0.15) is 22.2 Å². The maximum absolute atomic E-state index is 5.91. The van der Waals surface area contributed by atoms with Crippen LogP contribution in [0.15, 0.2) is 10.7 Å². The maximum Gasteiger partial charge on any atom is 0.253 e. The summed E-state index contributed by atoms with van der Waals surface area (Å²) in [6.45, 7) is 0. The molecular weight excluding hydrogens is 251 g/mol. The average Bonchev–Trinajstić information content (AvgIpc) is 2.99. The van der Waals surface area contributed by atoms with Gasteiger partial charge in [-0.15, -0.1) is 10.2 Å². The van der Waals surface area contributed by atoms with E-state index < -0.39 is 0 Å². The van der Waals surface area contributed by atoms with Crippen molar-refractivity contribution in [2.45, 2.75) is 18.8 Å². The Bertz CT molecular complexity index is 518. The van der Waals surface area contributed by atoms with Gasteiger partial charge in [0.2, 0.25) is 5.89 Å². The molecule has 7 heteroatoms. The zero-order valence-electron chi connectivity index (χ0n) is 8.02. The summed E-state index contributed by atoms with van der Waals surface area (Å²) in [6, 6.07) is 0. The standard InChI is InChI=1S/C9H6Cl2N4O/c10-6-5(7(11)13-3-12-6)9-15-14-8(16-9)4-1-2-4/h3-4H,1-2H2. The van der Waals surface area contributed by atoms with Crippen LogP contribution in [0.3, 0.4) is 0 Å². The van der Waals surface area contributed by atoms with E-state index in [1.165, 1.54) is 6.33 Å². The molecule has 0 unspecified atom stereocenters. The van der Waals surface area contributed by atoms with Gasteiger partial charge in [-0.1, -0.05) is 23.2 Å². The topological polar surface area (TPSA) is 64.7 Å². The van der Waals surface area contributed by atoms with Crippen molar-refractivity contribution < 1.29 is 4.42 Å². The van der Waals surface area contributed by atoms with Gasteiger partial charge in [-0.05, 0) is 12.8 Å². The van der Waals surface area contributed by atoms with Crippen molar-refractivity contribution in [2.24, 2.45) is 0 Å². The van der Waals surface area contributed by atoms with Crippen molar-refractivity contribution in [1.29, 1.82) is 0 Å². The van der Waals surface area contributed by atoms with Gasteiger partial charge in [0, 0.05) is 5.92 Å². The molecule has 0 radical (unpaired) electrons. The number of aromatic nitrogens is 4. The number of hydrogen-bond donors (Lipinski definition) is 0. The molecule has 2 aromatic heterocycles. The van der Waals surface area contributed by atoms with E-state index in [1.807, 2.05) is 0 Å². The van der Waals surface area contributed by atoms with Crippen molar-refractivity contribution in [3.05, 3.63) is 22.5 Å². The monoisotopic (exact) mass is 256 g/mol. The van der Waals surface area contributed by atoms with Crippen LogP contribution in [0.1, 0.15) is 24.7 Å². The molecule has 3 rings (SSSR count). The first-order chi connectivity index (χ1) is 7.75. The van der Waals surface area contributed by atoms with Crippen LogP contribution in [0.2, 0.25) is 10.3 Å². The Morgan fingerprint density at radius 1 is 1.12 bits per heavy atom. The minimum atomic E-state index is 0.214. The molecule has 2 heterocycles. The highest BCUT2D eigenvalue weighted by atomic mass is 35.5. The van der Waals surface area contributed by atoms with Crippen molar-refractivity contribution in [3.63, 3.8) is 0 Å². The molecule has 0 aliphatic heterocycles. The van der Waals surface area contributed by atoms with Crippen LogP contribution in [-0.4, -0.2) is 20.2 Å². The summed E-state index contributed by atoms with van der Waals surface area (Å²) in [5, 5.41) is 8.28. The highest BCUT2D eigenvalue weighted by molar-refractivity contribution is 6.37. The molecule has 0 N–H and O–H groups in total. The molecule has 5 nitrogen and oxygen atoms in total. The van der Waals surface area contributed by atoms with Crippen molar-refractivity contribution in [2.75, 3.05) is 0 Å². The van der Waals surface area contributed by atoms with Gasteiger partial charge >= 0.3 is 0 Å². The molecule has 0 spiro atoms. The van der Waals surface area contributed by atoms with Crippen LogP contribution in [0.25, 0.3) is 11.5 Å². The zero-order valence-corrected chi connectivity index (χ0v) is 9.53. The lowest BCUT2D eigenvalue weighted by atomic mass is 10.3. The Hall–Kier alpha value is -1.20. The molecule has 1 aliphatic rings. The number of hydrogen-bond acceptors (Lipinski definition) is 5. The first kappa shape index (κ1) is 9.99. The summed E-state index contributed by atoms with van der Waals surface area (Å²) in [5.41, 5.74) is 0.394. The van der Waals surface area contributed by atoms with Gasteiger partial charge in [0.05, 0.1) is 0 Å². The van der Waals surface area contributed by atoms with Crippen LogP contribution in [0.5, 0.6) is 0 Å². The van der Waals surface area contributed by atoms with Crippen LogP contribution >= 0.6 is 23.2 Å². The van der Waals surface area contributed by atoms with Crippen molar-refractivity contribution >= 4 is 23.2 Å². The van der Waals surface area contributed by atoms with Crippen LogP contribution in [0, 0.1) is 0 Å². The molecular formula is C9H6Cl2N4O. The van der Waals surface area contributed by atoms with Crippen molar-refractivity contribution in [3.8, 4) is 11.5 Å². The van der Waals surface area contributed by atoms with E-state index in [4.69, 9.17) is 27.6 Å². The molecule has 1 aliphatic carbocycles. The summed E-state index contributed by atoms with van der Waals surface area (Å²) in [5.74, 6) is 1.30. The van der Waals surface area contributed by atoms with Gasteiger partial charge in [-0.3, -0.25) is 0 Å². The van der Waals surface area contributed by atoms with Gasteiger partial charge in [0.15, 0.2) is 0 Å². The molecule has 0 amide bonds. The van der Waals surface area contributed by atoms with E-state index in [2.05, 4.69) is 20.2 Å². The summed E-state index contributed by atoms with van der Waals surface area (Å²) in [6.07, 6.45) is 3.47. The molecule has 2 aromatic rings. The van der Waals surface area contributed by atoms with Gasteiger partial charge in [0.25, 0.3) is 5.89 Å². The third kappa shape index (κ3) is 1.66. The summed E-state index contributed by atoms with van der Waals surface area (Å²) in [7, 11) is 0. The number of rotatable bonds is 2. The molecule has 1 fully saturated rings. The predicted octanol–water partition coefficient (Wildman–Crippen LogP) is 2.71. The van der Waals surface area contributed by atoms with Crippen molar-refractivity contribution in [1.82, 2.24) is 20.2 Å². The van der Waals surface area contributed by atoms with E-state index >= 15 is 0 Å². The molecule has 1 saturated carbocycles. The minimum absolute atomic E-state index is 0.214. The second-order valence-corrected chi connectivity index (χ2v) is 4.27. The summed E-state index contributed by atoms with van der Waals surface area (Å²) in [4.78, 5) is 7.66. The van der Waals surface area contributed by atoms with E-state index in [1.54, 1.807) is 0 Å². The Morgan fingerprint density at radius 2 is 1.81 bits per heavy atom. The lowest BCUT2D eigenvalue weighted by Crippen LogP contribution is -1.88. The third-order valence-electron chi connectivity index (χ3n) is 2.34.